The molecule has 0 fully saturated rings. The predicted octanol–water partition coefficient (Wildman–Crippen LogP) is 0.381. The zero-order valence-electron chi connectivity index (χ0n) is 2.33. The summed E-state index contributed by atoms with van der Waals surface area (Å²) in [4.78, 5) is 0. The van der Waals surface area contributed by atoms with E-state index in [0.29, 0.717) is 24.4 Å². The van der Waals surface area contributed by atoms with Gasteiger partial charge in [-0.3, -0.25) is 0 Å². The van der Waals surface area contributed by atoms with Crippen LogP contribution in [0.5, 0.6) is 0 Å². The van der Waals surface area contributed by atoms with Crippen molar-refractivity contribution in [2.45, 2.75) is 2.59 Å². The Labute approximate surface area is 50.0 Å². The fourth-order valence-corrected chi connectivity index (χ4v) is 0. The average molecular weight is 201 g/mol. The molecule has 24 valence electrons. The van der Waals surface area contributed by atoms with Crippen LogP contribution >= 0.6 is 23.2 Å². The van der Waals surface area contributed by atoms with E-state index in [1.165, 1.54) is 0 Å². The molecule has 0 rings (SSSR count). The zero-order valence-corrected chi connectivity index (χ0v) is 9.55. The number of alkyl halides is 2. The molecule has 0 amide bonds. The molecule has 0 aromatic carbocycles. The third-order valence-corrected chi connectivity index (χ3v) is 0. The van der Waals surface area contributed by atoms with Gasteiger partial charge in [0.15, 0.2) is 0 Å². The first-order valence-corrected chi connectivity index (χ1v) is 5.18. The van der Waals surface area contributed by atoms with Crippen LogP contribution in [-0.4, -0.2) is 27.0 Å². The second-order valence-corrected chi connectivity index (χ2v) is 9.53. The summed E-state index contributed by atoms with van der Waals surface area (Å²) in [6, 6.07) is 0. The molecule has 4 heavy (non-hydrogen) atoms. The van der Waals surface area contributed by atoms with E-state index < -0.39 is 0 Å². The van der Waals surface area contributed by atoms with Gasteiger partial charge in [-0.25, -0.2) is 0 Å². The fraction of sp³-hybridized carbons (Fsp3) is 1.00. The van der Waals surface area contributed by atoms with Crippen molar-refractivity contribution in [2.24, 2.45) is 0 Å². The normalized spacial score (nSPS) is 8.75. The molecular formula is CH3Cl2In. The Kier molecular flexibility index (Phi) is 3.64. The minimum absolute atomic E-state index is 0.0122. The van der Waals surface area contributed by atoms with Crippen LogP contribution in [0.4, 0.5) is 0 Å². The van der Waals surface area contributed by atoms with Crippen LogP contribution in [-0.2, 0) is 0 Å². The zero-order chi connectivity index (χ0) is 3.58. The molecule has 0 aliphatic rings. The average Bonchev–Trinajstić information content (AvgIpc) is 0.811. The van der Waals surface area contributed by atoms with Gasteiger partial charge in [0.1, 0.15) is 0 Å². The van der Waals surface area contributed by atoms with Gasteiger partial charge in [-0.2, -0.15) is 0 Å². The van der Waals surface area contributed by atoms with Gasteiger partial charge in [0, 0.05) is 0 Å². The quantitative estimate of drug-likeness (QED) is 0.497. The summed E-state index contributed by atoms with van der Waals surface area (Å²) >= 11 is 10.7. The van der Waals surface area contributed by atoms with Gasteiger partial charge < -0.3 is 0 Å². The second-order valence-electron chi connectivity index (χ2n) is 0.519. The first-order chi connectivity index (χ1) is 1.73. The fourth-order valence-electron chi connectivity index (χ4n) is 0. The monoisotopic (exact) mass is 200 g/mol. The number of halogens is 2. The van der Waals surface area contributed by atoms with E-state index in [4.69, 9.17) is 23.2 Å². The summed E-state index contributed by atoms with van der Waals surface area (Å²) in [5, 5.41) is 0. The Balaban J connectivity index is 2.32. The van der Waals surface area contributed by atoms with Gasteiger partial charge in [0.25, 0.3) is 0 Å². The Morgan fingerprint density at radius 3 is 1.50 bits per heavy atom. The molecule has 0 N–H and O–H groups in total. The van der Waals surface area contributed by atoms with Gasteiger partial charge in [-0.05, 0) is 0 Å². The van der Waals surface area contributed by atoms with Crippen LogP contribution in [0.1, 0.15) is 0 Å². The van der Waals surface area contributed by atoms with Crippen molar-refractivity contribution in [3.63, 3.8) is 0 Å². The molecule has 0 aromatic heterocycles. The van der Waals surface area contributed by atoms with E-state index in [9.17, 15) is 0 Å². The van der Waals surface area contributed by atoms with E-state index in [1.54, 1.807) is 0 Å². The SMILES string of the molecule is Cl[CH](Cl)[InH2]. The molecule has 0 aliphatic carbocycles. The number of rotatable bonds is 0. The Bertz CT molecular complexity index is 10.8. The van der Waals surface area contributed by atoms with Crippen LogP contribution in [0.25, 0.3) is 0 Å². The summed E-state index contributed by atoms with van der Waals surface area (Å²) in [5.41, 5.74) is 0. The Hall–Kier alpha value is 1.45. The first kappa shape index (κ1) is 5.45. The molecule has 0 saturated heterocycles. The Morgan fingerprint density at radius 2 is 1.50 bits per heavy atom. The number of hydrogen-bond donors (Lipinski definition) is 0. The summed E-state index contributed by atoms with van der Waals surface area (Å²) in [7, 11) is 0. The third kappa shape index (κ3) is 9.85. The maximum atomic E-state index is 5.13. The van der Waals surface area contributed by atoms with E-state index in [-0.39, 0.29) is 2.59 Å². The summed E-state index contributed by atoms with van der Waals surface area (Å²) in [5.74, 6) is 0. The topological polar surface area (TPSA) is 0 Å². The second kappa shape index (κ2) is 2.67. The summed E-state index contributed by atoms with van der Waals surface area (Å²) in [6.45, 7) is 0. The maximum absolute atomic E-state index is 5.13. The van der Waals surface area contributed by atoms with Gasteiger partial charge >= 0.3 is 50.2 Å². The molecule has 0 nitrogen and oxygen atoms in total. The molecule has 0 radical (unpaired) electrons. The minimum atomic E-state index is -0.0122. The molecule has 3 heteroatoms. The van der Waals surface area contributed by atoms with Gasteiger partial charge in [0.2, 0.25) is 0 Å². The van der Waals surface area contributed by atoms with Gasteiger partial charge in [-0.1, -0.05) is 0 Å². The summed E-state index contributed by atoms with van der Waals surface area (Å²) in [6.07, 6.45) is 0. The van der Waals surface area contributed by atoms with Crippen molar-refractivity contribution >= 4 is 47.6 Å². The summed E-state index contributed by atoms with van der Waals surface area (Å²) < 4.78 is -0.0122. The molecule has 0 saturated carbocycles. The van der Waals surface area contributed by atoms with Crippen molar-refractivity contribution in [2.75, 3.05) is 0 Å². The first-order valence-electron chi connectivity index (χ1n) is 1.01. The van der Waals surface area contributed by atoms with Crippen LogP contribution in [0.2, 0.25) is 0 Å². The van der Waals surface area contributed by atoms with E-state index in [1.807, 2.05) is 0 Å². The van der Waals surface area contributed by atoms with Crippen molar-refractivity contribution < 1.29 is 0 Å². The molecule has 0 aromatic rings. The van der Waals surface area contributed by atoms with Crippen LogP contribution in [0.15, 0.2) is 0 Å². The van der Waals surface area contributed by atoms with E-state index in [0.717, 1.165) is 0 Å². The van der Waals surface area contributed by atoms with Crippen LogP contribution < -0.4 is 0 Å². The van der Waals surface area contributed by atoms with Gasteiger partial charge in [-0.15, -0.1) is 0 Å². The van der Waals surface area contributed by atoms with Crippen molar-refractivity contribution in [3.8, 4) is 0 Å². The molecule has 0 unspecified atom stereocenters. The molecule has 0 atom stereocenters. The number of hydrogen-bond acceptors (Lipinski definition) is 0. The standard InChI is InChI=1S/CHCl2.In.2H/c2-1-3;;;/h1H;;;. The van der Waals surface area contributed by atoms with Gasteiger partial charge in [0.05, 0.1) is 0 Å². The molecule has 0 bridgehead atoms. The van der Waals surface area contributed by atoms with Crippen molar-refractivity contribution in [1.29, 1.82) is 0 Å². The predicted molar refractivity (Wildman–Crippen MR) is 24.0 cm³/mol. The van der Waals surface area contributed by atoms with Crippen molar-refractivity contribution in [3.05, 3.63) is 0 Å². The molecular weight excluding hydrogens is 198 g/mol. The van der Waals surface area contributed by atoms with E-state index in [2.05, 4.69) is 0 Å². The van der Waals surface area contributed by atoms with E-state index >= 15 is 0 Å². The molecule has 0 heterocycles. The van der Waals surface area contributed by atoms with Crippen LogP contribution in [0.3, 0.4) is 0 Å². The Morgan fingerprint density at radius 1 is 1.50 bits per heavy atom. The van der Waals surface area contributed by atoms with Crippen molar-refractivity contribution in [1.82, 2.24) is 0 Å². The molecule has 0 spiro atoms. The van der Waals surface area contributed by atoms with Crippen LogP contribution in [0, 0.1) is 0 Å². The third-order valence-electron chi connectivity index (χ3n) is 0. The molecule has 0 aliphatic heterocycles.